The third-order valence-corrected chi connectivity index (χ3v) is 5.04. The number of amides is 2. The van der Waals surface area contributed by atoms with Crippen molar-refractivity contribution in [2.75, 3.05) is 36.0 Å². The fourth-order valence-electron chi connectivity index (χ4n) is 3.58. The van der Waals surface area contributed by atoms with Gasteiger partial charge < -0.3 is 4.90 Å². The van der Waals surface area contributed by atoms with E-state index in [1.807, 2.05) is 31.2 Å². The lowest BCUT2D eigenvalue weighted by Crippen LogP contribution is -2.52. The van der Waals surface area contributed by atoms with Crippen LogP contribution in [0.5, 0.6) is 0 Å². The van der Waals surface area contributed by atoms with E-state index in [0.717, 1.165) is 37.6 Å². The van der Waals surface area contributed by atoms with Crippen molar-refractivity contribution in [3.8, 4) is 0 Å². The second-order valence-electron chi connectivity index (χ2n) is 6.71. The number of imide groups is 1. The summed E-state index contributed by atoms with van der Waals surface area (Å²) in [5.74, 6) is 0.606. The standard InChI is InChI=1S/C19H21N5O2/c1-14-2-4-15(5-3-14)24-18(25)12-16(19(24)26)22-8-10-23(11-9-22)17-13-20-6-7-21-17/h2-7,13,16H,8-12H2,1H3. The third-order valence-electron chi connectivity index (χ3n) is 5.04. The minimum atomic E-state index is -0.368. The van der Waals surface area contributed by atoms with Crippen molar-refractivity contribution in [1.29, 1.82) is 0 Å². The molecule has 0 aliphatic carbocycles. The minimum Gasteiger partial charge on any atom is -0.353 e. The third kappa shape index (κ3) is 3.06. The van der Waals surface area contributed by atoms with Gasteiger partial charge in [-0.05, 0) is 19.1 Å². The van der Waals surface area contributed by atoms with E-state index in [1.54, 1.807) is 18.6 Å². The van der Waals surface area contributed by atoms with Gasteiger partial charge in [0.2, 0.25) is 5.91 Å². The first-order valence-corrected chi connectivity index (χ1v) is 8.82. The minimum absolute atomic E-state index is 0.119. The molecular formula is C19H21N5O2. The summed E-state index contributed by atoms with van der Waals surface area (Å²) in [6.07, 6.45) is 5.33. The number of nitrogens with zero attached hydrogens (tertiary/aromatic N) is 5. The molecule has 0 spiro atoms. The highest BCUT2D eigenvalue weighted by Gasteiger charge is 2.43. The topological polar surface area (TPSA) is 69.6 Å². The normalized spacial score (nSPS) is 21.5. The predicted molar refractivity (Wildman–Crippen MR) is 97.9 cm³/mol. The van der Waals surface area contributed by atoms with Crippen LogP contribution in [0.25, 0.3) is 0 Å². The predicted octanol–water partition coefficient (Wildman–Crippen LogP) is 1.24. The Bertz CT molecular complexity index is 800. The second kappa shape index (κ2) is 6.84. The Morgan fingerprint density at radius 3 is 2.38 bits per heavy atom. The van der Waals surface area contributed by atoms with E-state index in [-0.39, 0.29) is 24.3 Å². The van der Waals surface area contributed by atoms with Crippen LogP contribution in [-0.4, -0.2) is 58.9 Å². The number of carbonyl (C=O) groups excluding carboxylic acids is 2. The highest BCUT2D eigenvalue weighted by molar-refractivity contribution is 6.22. The quantitative estimate of drug-likeness (QED) is 0.775. The Balaban J connectivity index is 1.44. The van der Waals surface area contributed by atoms with Gasteiger partial charge in [0, 0.05) is 38.6 Å². The molecule has 1 aromatic carbocycles. The van der Waals surface area contributed by atoms with E-state index in [0.29, 0.717) is 5.69 Å². The summed E-state index contributed by atoms with van der Waals surface area (Å²) in [6.45, 7) is 4.96. The molecule has 0 bridgehead atoms. The van der Waals surface area contributed by atoms with Crippen molar-refractivity contribution < 1.29 is 9.59 Å². The number of hydrogen-bond acceptors (Lipinski definition) is 6. The summed E-state index contributed by atoms with van der Waals surface area (Å²) in [6, 6.07) is 7.14. The van der Waals surface area contributed by atoms with E-state index >= 15 is 0 Å². The van der Waals surface area contributed by atoms with E-state index < -0.39 is 0 Å². The molecular weight excluding hydrogens is 330 g/mol. The molecule has 134 valence electrons. The molecule has 0 saturated carbocycles. The van der Waals surface area contributed by atoms with Crippen molar-refractivity contribution in [3.05, 3.63) is 48.4 Å². The molecule has 1 atom stereocenters. The molecule has 0 radical (unpaired) electrons. The largest absolute Gasteiger partial charge is 0.353 e. The van der Waals surface area contributed by atoms with Gasteiger partial charge in [0.15, 0.2) is 0 Å². The molecule has 1 unspecified atom stereocenters. The zero-order valence-electron chi connectivity index (χ0n) is 14.7. The summed E-state index contributed by atoms with van der Waals surface area (Å²) < 4.78 is 0. The van der Waals surface area contributed by atoms with Crippen molar-refractivity contribution in [3.63, 3.8) is 0 Å². The molecule has 2 saturated heterocycles. The highest BCUT2D eigenvalue weighted by atomic mass is 16.2. The van der Waals surface area contributed by atoms with Crippen molar-refractivity contribution >= 4 is 23.3 Å². The molecule has 4 rings (SSSR count). The van der Waals surface area contributed by atoms with Gasteiger partial charge >= 0.3 is 0 Å². The summed E-state index contributed by atoms with van der Waals surface area (Å²) in [7, 11) is 0. The molecule has 7 heteroatoms. The number of hydrogen-bond donors (Lipinski definition) is 0. The number of anilines is 2. The Morgan fingerprint density at radius 1 is 1.00 bits per heavy atom. The lowest BCUT2D eigenvalue weighted by molar-refractivity contribution is -0.123. The van der Waals surface area contributed by atoms with E-state index in [9.17, 15) is 9.59 Å². The monoisotopic (exact) mass is 351 g/mol. The maximum atomic E-state index is 12.9. The molecule has 2 amide bonds. The van der Waals surface area contributed by atoms with Crippen LogP contribution in [0.15, 0.2) is 42.9 Å². The number of benzene rings is 1. The Morgan fingerprint density at radius 2 is 1.73 bits per heavy atom. The summed E-state index contributed by atoms with van der Waals surface area (Å²) >= 11 is 0. The second-order valence-corrected chi connectivity index (χ2v) is 6.71. The number of aryl methyl sites for hydroxylation is 1. The van der Waals surface area contributed by atoms with Gasteiger partial charge in [0.05, 0.1) is 24.3 Å². The lowest BCUT2D eigenvalue weighted by atomic mass is 10.1. The molecule has 1 aromatic heterocycles. The summed E-state index contributed by atoms with van der Waals surface area (Å²) in [5.41, 5.74) is 1.76. The molecule has 3 heterocycles. The van der Waals surface area contributed by atoms with Gasteiger partial charge in [-0.2, -0.15) is 0 Å². The van der Waals surface area contributed by atoms with Gasteiger partial charge in [-0.25, -0.2) is 9.88 Å². The molecule has 2 fully saturated rings. The van der Waals surface area contributed by atoms with Crippen molar-refractivity contribution in [2.24, 2.45) is 0 Å². The maximum Gasteiger partial charge on any atom is 0.251 e. The smallest absolute Gasteiger partial charge is 0.251 e. The first kappa shape index (κ1) is 16.7. The van der Waals surface area contributed by atoms with E-state index in [2.05, 4.69) is 19.8 Å². The summed E-state index contributed by atoms with van der Waals surface area (Å²) in [5, 5.41) is 0. The Kier molecular flexibility index (Phi) is 4.38. The van der Waals surface area contributed by atoms with Crippen LogP contribution in [0.4, 0.5) is 11.5 Å². The highest BCUT2D eigenvalue weighted by Crippen LogP contribution is 2.27. The number of rotatable bonds is 3. The Hall–Kier alpha value is -2.80. The zero-order chi connectivity index (χ0) is 18.1. The number of carbonyl (C=O) groups is 2. The van der Waals surface area contributed by atoms with Crippen LogP contribution in [0.1, 0.15) is 12.0 Å². The van der Waals surface area contributed by atoms with Gasteiger partial charge in [0.25, 0.3) is 5.91 Å². The number of aromatic nitrogens is 2. The van der Waals surface area contributed by atoms with Crippen LogP contribution in [-0.2, 0) is 9.59 Å². The molecule has 0 N–H and O–H groups in total. The summed E-state index contributed by atoms with van der Waals surface area (Å²) in [4.78, 5) is 39.4. The van der Waals surface area contributed by atoms with Crippen LogP contribution in [0.3, 0.4) is 0 Å². The van der Waals surface area contributed by atoms with Crippen LogP contribution in [0.2, 0.25) is 0 Å². The van der Waals surface area contributed by atoms with Crippen LogP contribution in [0, 0.1) is 6.92 Å². The molecule has 2 aliphatic heterocycles. The maximum absolute atomic E-state index is 12.9. The molecule has 7 nitrogen and oxygen atoms in total. The van der Waals surface area contributed by atoms with E-state index in [4.69, 9.17) is 0 Å². The van der Waals surface area contributed by atoms with Gasteiger partial charge in [-0.3, -0.25) is 19.5 Å². The number of piperazine rings is 1. The fourth-order valence-corrected chi connectivity index (χ4v) is 3.58. The lowest BCUT2D eigenvalue weighted by Gasteiger charge is -2.37. The van der Waals surface area contributed by atoms with Gasteiger partial charge in [-0.15, -0.1) is 0 Å². The zero-order valence-corrected chi connectivity index (χ0v) is 14.7. The SMILES string of the molecule is Cc1ccc(N2C(=O)CC(N3CCN(c4cnccn4)CC3)C2=O)cc1. The van der Waals surface area contributed by atoms with Gasteiger partial charge in [-0.1, -0.05) is 17.7 Å². The van der Waals surface area contributed by atoms with Crippen LogP contribution >= 0.6 is 0 Å². The van der Waals surface area contributed by atoms with Crippen molar-refractivity contribution in [1.82, 2.24) is 14.9 Å². The molecule has 2 aromatic rings. The first-order valence-electron chi connectivity index (χ1n) is 8.82. The average Bonchev–Trinajstić information content (AvgIpc) is 2.98. The van der Waals surface area contributed by atoms with Crippen molar-refractivity contribution in [2.45, 2.75) is 19.4 Å². The molecule has 2 aliphatic rings. The van der Waals surface area contributed by atoms with Gasteiger partial charge in [0.1, 0.15) is 5.82 Å². The Labute approximate surface area is 152 Å². The van der Waals surface area contributed by atoms with E-state index in [1.165, 1.54) is 4.90 Å². The fraction of sp³-hybridized carbons (Fsp3) is 0.368. The van der Waals surface area contributed by atoms with Crippen LogP contribution < -0.4 is 9.80 Å². The average molecular weight is 351 g/mol. The first-order chi connectivity index (χ1) is 12.6. The molecule has 26 heavy (non-hydrogen) atoms.